The summed E-state index contributed by atoms with van der Waals surface area (Å²) in [5.74, 6) is 0.721. The van der Waals surface area contributed by atoms with Crippen LogP contribution in [0.2, 0.25) is 0 Å². The number of hydrogen-bond donors (Lipinski definition) is 1. The van der Waals surface area contributed by atoms with Crippen LogP contribution in [0.3, 0.4) is 0 Å². The maximum Gasteiger partial charge on any atom is 0.0178 e. The second-order valence-corrected chi connectivity index (χ2v) is 5.30. The zero-order chi connectivity index (χ0) is 12.0. The Morgan fingerprint density at radius 2 is 2.06 bits per heavy atom. The molecule has 0 bridgehead atoms. The molecule has 0 saturated heterocycles. The van der Waals surface area contributed by atoms with Crippen LogP contribution in [0, 0.1) is 5.92 Å². The molecule has 1 nitrogen and oxygen atoms in total. The number of benzene rings is 1. The van der Waals surface area contributed by atoms with Gasteiger partial charge in [-0.2, -0.15) is 0 Å². The van der Waals surface area contributed by atoms with Crippen LogP contribution in [0.1, 0.15) is 32.8 Å². The average Bonchev–Trinajstić information content (AvgIpc) is 2.27. The first kappa shape index (κ1) is 13.7. The number of rotatable bonds is 6. The molecule has 0 heterocycles. The molecule has 1 N–H and O–H groups in total. The summed E-state index contributed by atoms with van der Waals surface area (Å²) in [6.07, 6.45) is 2.34. The molecule has 16 heavy (non-hydrogen) atoms. The molecular weight excluding hydrogens is 262 g/mol. The van der Waals surface area contributed by atoms with Crippen molar-refractivity contribution in [3.8, 4) is 0 Å². The molecule has 0 spiro atoms. The van der Waals surface area contributed by atoms with Crippen LogP contribution in [0.15, 0.2) is 28.7 Å². The molecular formula is C14H22BrN. The third kappa shape index (κ3) is 4.26. The molecule has 2 atom stereocenters. The van der Waals surface area contributed by atoms with Crippen molar-refractivity contribution in [1.29, 1.82) is 0 Å². The van der Waals surface area contributed by atoms with Gasteiger partial charge in [-0.3, -0.25) is 0 Å². The molecule has 2 unspecified atom stereocenters. The third-order valence-electron chi connectivity index (χ3n) is 3.14. The van der Waals surface area contributed by atoms with Crippen LogP contribution in [0.5, 0.6) is 0 Å². The summed E-state index contributed by atoms with van der Waals surface area (Å²) in [4.78, 5) is 0. The maximum atomic E-state index is 3.59. The summed E-state index contributed by atoms with van der Waals surface area (Å²) in [5.41, 5.74) is 1.40. The van der Waals surface area contributed by atoms with Crippen LogP contribution in [-0.4, -0.2) is 12.6 Å². The minimum absolute atomic E-state index is 0.587. The Balaban J connectivity index is 2.67. The molecule has 0 radical (unpaired) electrons. The summed E-state index contributed by atoms with van der Waals surface area (Å²) in [6.45, 7) is 7.81. The SMILES string of the molecule is CCNC(Cc1cccc(Br)c1)C(C)CC. The second-order valence-electron chi connectivity index (χ2n) is 4.38. The Morgan fingerprint density at radius 1 is 1.31 bits per heavy atom. The van der Waals surface area contributed by atoms with Gasteiger partial charge in [-0.05, 0) is 36.6 Å². The molecule has 1 aromatic rings. The zero-order valence-corrected chi connectivity index (χ0v) is 12.0. The summed E-state index contributed by atoms with van der Waals surface area (Å²) in [6, 6.07) is 9.20. The van der Waals surface area contributed by atoms with E-state index in [9.17, 15) is 0 Å². The van der Waals surface area contributed by atoms with E-state index in [2.05, 4.69) is 66.3 Å². The predicted molar refractivity (Wildman–Crippen MR) is 74.8 cm³/mol. The van der Waals surface area contributed by atoms with Crippen molar-refractivity contribution in [2.75, 3.05) is 6.54 Å². The largest absolute Gasteiger partial charge is 0.314 e. The topological polar surface area (TPSA) is 12.0 Å². The number of likely N-dealkylation sites (N-methyl/N-ethyl adjacent to an activating group) is 1. The second kappa shape index (κ2) is 7.08. The normalized spacial score (nSPS) is 14.8. The van der Waals surface area contributed by atoms with Crippen LogP contribution < -0.4 is 5.32 Å². The molecule has 0 aliphatic heterocycles. The van der Waals surface area contributed by atoms with Crippen molar-refractivity contribution < 1.29 is 0 Å². The van der Waals surface area contributed by atoms with Gasteiger partial charge < -0.3 is 5.32 Å². The highest BCUT2D eigenvalue weighted by Crippen LogP contribution is 2.17. The van der Waals surface area contributed by atoms with Gasteiger partial charge in [-0.25, -0.2) is 0 Å². The van der Waals surface area contributed by atoms with Gasteiger partial charge in [0.15, 0.2) is 0 Å². The van der Waals surface area contributed by atoms with E-state index >= 15 is 0 Å². The monoisotopic (exact) mass is 283 g/mol. The van der Waals surface area contributed by atoms with Gasteiger partial charge in [0.2, 0.25) is 0 Å². The van der Waals surface area contributed by atoms with E-state index in [1.165, 1.54) is 16.5 Å². The summed E-state index contributed by atoms with van der Waals surface area (Å²) in [5, 5.41) is 3.59. The highest BCUT2D eigenvalue weighted by Gasteiger charge is 2.14. The first-order chi connectivity index (χ1) is 7.67. The molecule has 1 rings (SSSR count). The molecule has 0 aliphatic carbocycles. The molecule has 0 amide bonds. The fourth-order valence-corrected chi connectivity index (χ4v) is 2.39. The van der Waals surface area contributed by atoms with Crippen molar-refractivity contribution in [2.45, 2.75) is 39.7 Å². The molecule has 90 valence electrons. The number of halogens is 1. The summed E-state index contributed by atoms with van der Waals surface area (Å²) < 4.78 is 1.17. The highest BCUT2D eigenvalue weighted by atomic mass is 79.9. The Bertz CT molecular complexity index is 311. The van der Waals surface area contributed by atoms with E-state index in [1.807, 2.05) is 0 Å². The van der Waals surface area contributed by atoms with Crippen molar-refractivity contribution in [1.82, 2.24) is 5.32 Å². The highest BCUT2D eigenvalue weighted by molar-refractivity contribution is 9.10. The quantitative estimate of drug-likeness (QED) is 0.832. The minimum atomic E-state index is 0.587. The van der Waals surface area contributed by atoms with E-state index in [4.69, 9.17) is 0 Å². The van der Waals surface area contributed by atoms with Crippen LogP contribution in [0.25, 0.3) is 0 Å². The van der Waals surface area contributed by atoms with Crippen LogP contribution in [-0.2, 0) is 6.42 Å². The van der Waals surface area contributed by atoms with Gasteiger partial charge in [0.25, 0.3) is 0 Å². The summed E-state index contributed by atoms with van der Waals surface area (Å²) in [7, 11) is 0. The van der Waals surface area contributed by atoms with Crippen LogP contribution >= 0.6 is 15.9 Å². The lowest BCUT2D eigenvalue weighted by atomic mass is 9.93. The van der Waals surface area contributed by atoms with Crippen molar-refractivity contribution in [2.24, 2.45) is 5.92 Å². The van der Waals surface area contributed by atoms with E-state index < -0.39 is 0 Å². The molecule has 0 fully saturated rings. The van der Waals surface area contributed by atoms with Crippen molar-refractivity contribution >= 4 is 15.9 Å². The summed E-state index contributed by atoms with van der Waals surface area (Å²) >= 11 is 3.52. The molecule has 0 saturated carbocycles. The van der Waals surface area contributed by atoms with Gasteiger partial charge in [-0.15, -0.1) is 0 Å². The van der Waals surface area contributed by atoms with Gasteiger partial charge in [-0.1, -0.05) is 55.3 Å². The van der Waals surface area contributed by atoms with Gasteiger partial charge in [0, 0.05) is 10.5 Å². The Morgan fingerprint density at radius 3 is 2.62 bits per heavy atom. The van der Waals surface area contributed by atoms with E-state index in [0.717, 1.165) is 18.9 Å². The van der Waals surface area contributed by atoms with Gasteiger partial charge >= 0.3 is 0 Å². The Kier molecular flexibility index (Phi) is 6.07. The third-order valence-corrected chi connectivity index (χ3v) is 3.64. The zero-order valence-electron chi connectivity index (χ0n) is 10.5. The number of nitrogens with one attached hydrogen (secondary N) is 1. The fraction of sp³-hybridized carbons (Fsp3) is 0.571. The molecule has 0 aliphatic rings. The van der Waals surface area contributed by atoms with Crippen molar-refractivity contribution in [3.05, 3.63) is 34.3 Å². The first-order valence-corrected chi connectivity index (χ1v) is 6.94. The molecule has 0 aromatic heterocycles. The standard InChI is InChI=1S/C14H22BrN/c1-4-11(3)14(16-5-2)10-12-7-6-8-13(15)9-12/h6-9,11,14,16H,4-5,10H2,1-3H3. The lowest BCUT2D eigenvalue weighted by Crippen LogP contribution is -2.36. The lowest BCUT2D eigenvalue weighted by molar-refractivity contribution is 0.371. The van der Waals surface area contributed by atoms with E-state index in [-0.39, 0.29) is 0 Å². The smallest absolute Gasteiger partial charge is 0.0178 e. The van der Waals surface area contributed by atoms with Gasteiger partial charge in [0.1, 0.15) is 0 Å². The predicted octanol–water partition coefficient (Wildman–Crippen LogP) is 4.02. The molecule has 2 heteroatoms. The van der Waals surface area contributed by atoms with E-state index in [0.29, 0.717) is 6.04 Å². The minimum Gasteiger partial charge on any atom is -0.314 e. The lowest BCUT2D eigenvalue weighted by Gasteiger charge is -2.24. The molecule has 1 aromatic carbocycles. The fourth-order valence-electron chi connectivity index (χ4n) is 1.94. The average molecular weight is 284 g/mol. The van der Waals surface area contributed by atoms with Crippen LogP contribution in [0.4, 0.5) is 0 Å². The maximum absolute atomic E-state index is 3.59. The number of hydrogen-bond acceptors (Lipinski definition) is 1. The van der Waals surface area contributed by atoms with Crippen molar-refractivity contribution in [3.63, 3.8) is 0 Å². The Labute approximate surface area is 108 Å². The Hall–Kier alpha value is -0.340. The van der Waals surface area contributed by atoms with Gasteiger partial charge in [0.05, 0.1) is 0 Å². The van der Waals surface area contributed by atoms with E-state index in [1.54, 1.807) is 0 Å². The first-order valence-electron chi connectivity index (χ1n) is 6.15.